The summed E-state index contributed by atoms with van der Waals surface area (Å²) in [5.41, 5.74) is -2.89. The molecule has 0 aromatic heterocycles. The second-order valence-corrected chi connectivity index (χ2v) is 15.5. The molecule has 6 unspecified atom stereocenters. The first-order valence-electron chi connectivity index (χ1n) is 16.0. The maximum Gasteiger partial charge on any atom is 0.192 e. The summed E-state index contributed by atoms with van der Waals surface area (Å²) in [6, 6.07) is 8.80. The molecule has 0 spiro atoms. The molecule has 1 saturated heterocycles. The third-order valence-corrected chi connectivity index (χ3v) is 11.8. The van der Waals surface area contributed by atoms with E-state index in [2.05, 4.69) is 32.9 Å². The summed E-state index contributed by atoms with van der Waals surface area (Å²) < 4.78 is 6.73. The maximum absolute atomic E-state index is 15.6. The van der Waals surface area contributed by atoms with E-state index in [4.69, 9.17) is 4.74 Å². The largest absolute Gasteiger partial charge is 0.364 e. The number of carbonyl (C=O) groups excluding carboxylic acids is 3. The van der Waals surface area contributed by atoms with Gasteiger partial charge >= 0.3 is 0 Å². The van der Waals surface area contributed by atoms with E-state index in [-0.39, 0.29) is 24.7 Å². The third-order valence-electron chi connectivity index (χ3n) is 11.8. The Hall–Kier alpha value is -2.63. The zero-order valence-electron chi connectivity index (χ0n) is 27.6. The van der Waals surface area contributed by atoms with Crippen LogP contribution in [0.3, 0.4) is 0 Å². The standard InChI is InChI=1S/C38H50O5/c1-24(2)14-13-15-26(5)19-20-35-23-28-22-29-34(8,9)43-38(35,42)36(29,21-18-25(3)4)32(41)37(31(35)40,33(28,6)7)30(39)27-16-11-10-12-17-27/h10-12,14,16-19,28-29,42H,13,15,20-23H2,1-9H3. The molecule has 4 saturated carbocycles. The van der Waals surface area contributed by atoms with Crippen LogP contribution in [0.4, 0.5) is 0 Å². The molecule has 1 aliphatic heterocycles. The van der Waals surface area contributed by atoms with Gasteiger partial charge in [0.2, 0.25) is 0 Å². The Morgan fingerprint density at radius 2 is 1.53 bits per heavy atom. The summed E-state index contributed by atoms with van der Waals surface area (Å²) in [5, 5.41) is 13.2. The van der Waals surface area contributed by atoms with E-state index in [9.17, 15) is 9.90 Å². The van der Waals surface area contributed by atoms with Gasteiger partial charge in [0.05, 0.1) is 16.4 Å². The fraction of sp³-hybridized carbons (Fsp3) is 0.605. The number of ether oxygens (including phenoxy) is 1. The van der Waals surface area contributed by atoms with Crippen LogP contribution in [0.15, 0.2) is 65.3 Å². The summed E-state index contributed by atoms with van der Waals surface area (Å²) in [6.45, 7) is 18.0. The Kier molecular flexibility index (Phi) is 7.54. The SMILES string of the molecule is CC(C)=CCCC(C)=CCC12CC3CC4C(C)(C)OC1(O)C4(CC=C(C)C)C(=O)C(C(=O)c1ccccc1)(C2=O)C3(C)C. The molecule has 5 aliphatic rings. The quantitative estimate of drug-likeness (QED) is 0.180. The highest BCUT2D eigenvalue weighted by Gasteiger charge is 2.92. The molecular weight excluding hydrogens is 536 g/mol. The lowest BCUT2D eigenvalue weighted by atomic mass is 9.35. The Labute approximate surface area is 257 Å². The highest BCUT2D eigenvalue weighted by atomic mass is 16.7. The summed E-state index contributed by atoms with van der Waals surface area (Å²) in [7, 11) is 0. The van der Waals surface area contributed by atoms with Crippen LogP contribution < -0.4 is 0 Å². The van der Waals surface area contributed by atoms with Gasteiger partial charge < -0.3 is 9.84 Å². The van der Waals surface area contributed by atoms with Crippen molar-refractivity contribution in [3.63, 3.8) is 0 Å². The second-order valence-electron chi connectivity index (χ2n) is 15.5. The average Bonchev–Trinajstić information content (AvgIpc) is 3.01. The van der Waals surface area contributed by atoms with E-state index in [1.807, 2.05) is 53.7 Å². The minimum Gasteiger partial charge on any atom is -0.364 e. The number of allylic oxidation sites excluding steroid dienone is 6. The Morgan fingerprint density at radius 3 is 2.14 bits per heavy atom. The van der Waals surface area contributed by atoms with Crippen molar-refractivity contribution in [1.29, 1.82) is 0 Å². The van der Waals surface area contributed by atoms with Crippen molar-refractivity contribution in [2.24, 2.45) is 33.5 Å². The molecule has 5 nitrogen and oxygen atoms in total. The first-order valence-corrected chi connectivity index (χ1v) is 16.0. The lowest BCUT2D eigenvalue weighted by Crippen LogP contribution is -2.80. The van der Waals surface area contributed by atoms with Crippen molar-refractivity contribution in [2.45, 2.75) is 112 Å². The highest BCUT2D eigenvalue weighted by molar-refractivity contribution is 6.34. The molecule has 43 heavy (non-hydrogen) atoms. The second kappa shape index (κ2) is 10.2. The minimum absolute atomic E-state index is 0.142. The van der Waals surface area contributed by atoms with Gasteiger partial charge in [0.25, 0.3) is 0 Å². The van der Waals surface area contributed by atoms with Gasteiger partial charge in [-0.1, -0.05) is 79.1 Å². The van der Waals surface area contributed by atoms with E-state index in [0.717, 1.165) is 24.0 Å². The van der Waals surface area contributed by atoms with Gasteiger partial charge in [-0.2, -0.15) is 0 Å². The van der Waals surface area contributed by atoms with Gasteiger partial charge in [0, 0.05) is 11.5 Å². The number of hydrogen-bond donors (Lipinski definition) is 1. The van der Waals surface area contributed by atoms with Gasteiger partial charge in [0.1, 0.15) is 0 Å². The molecule has 6 bridgehead atoms. The fourth-order valence-electron chi connectivity index (χ4n) is 9.50. The molecule has 232 valence electrons. The van der Waals surface area contributed by atoms with Crippen LogP contribution in [0.2, 0.25) is 0 Å². The molecule has 0 amide bonds. The van der Waals surface area contributed by atoms with E-state index >= 15 is 9.59 Å². The van der Waals surface area contributed by atoms with Crippen molar-refractivity contribution in [3.05, 3.63) is 70.8 Å². The highest BCUT2D eigenvalue weighted by Crippen LogP contribution is 2.80. The van der Waals surface area contributed by atoms with E-state index in [1.54, 1.807) is 24.3 Å². The Bertz CT molecular complexity index is 1440. The molecule has 6 rings (SSSR count). The van der Waals surface area contributed by atoms with Crippen molar-refractivity contribution in [2.75, 3.05) is 0 Å². The summed E-state index contributed by atoms with van der Waals surface area (Å²) in [5.74, 6) is -3.88. The summed E-state index contributed by atoms with van der Waals surface area (Å²) >= 11 is 0. The molecule has 4 aliphatic carbocycles. The number of carbonyl (C=O) groups is 3. The number of Topliss-reactive ketones (excluding diaryl/α,β-unsaturated/α-hetero) is 3. The van der Waals surface area contributed by atoms with Crippen LogP contribution in [0.25, 0.3) is 0 Å². The van der Waals surface area contributed by atoms with Crippen molar-refractivity contribution in [1.82, 2.24) is 0 Å². The van der Waals surface area contributed by atoms with Gasteiger partial charge in [-0.15, -0.1) is 0 Å². The number of rotatable bonds is 9. The zero-order valence-corrected chi connectivity index (χ0v) is 27.6. The first-order chi connectivity index (χ1) is 20.0. The lowest BCUT2D eigenvalue weighted by molar-refractivity contribution is -0.324. The monoisotopic (exact) mass is 586 g/mol. The maximum atomic E-state index is 15.6. The lowest BCUT2D eigenvalue weighted by Gasteiger charge is -2.65. The van der Waals surface area contributed by atoms with E-state index in [0.29, 0.717) is 18.4 Å². The number of aliphatic hydroxyl groups is 1. The number of ketones is 3. The van der Waals surface area contributed by atoms with Gasteiger partial charge in [-0.3, -0.25) is 14.4 Å². The normalized spacial score (nSPS) is 36.8. The van der Waals surface area contributed by atoms with Crippen LogP contribution >= 0.6 is 0 Å². The van der Waals surface area contributed by atoms with Crippen LogP contribution in [-0.4, -0.2) is 33.8 Å². The van der Waals surface area contributed by atoms with Crippen LogP contribution in [0, 0.1) is 33.5 Å². The van der Waals surface area contributed by atoms with Gasteiger partial charge in [-0.05, 0) is 98.3 Å². The smallest absolute Gasteiger partial charge is 0.192 e. The summed E-state index contributed by atoms with van der Waals surface area (Å²) in [6.07, 6.45) is 9.42. The molecule has 6 atom stereocenters. The van der Waals surface area contributed by atoms with Gasteiger partial charge in [0.15, 0.2) is 28.6 Å². The molecule has 5 fully saturated rings. The molecule has 5 heteroatoms. The molecular formula is C38H50O5. The average molecular weight is 587 g/mol. The first kappa shape index (κ1) is 31.8. The van der Waals surface area contributed by atoms with Crippen molar-refractivity contribution < 1.29 is 24.2 Å². The minimum atomic E-state index is -2.04. The molecule has 1 heterocycles. The zero-order chi connectivity index (χ0) is 31.8. The molecule has 0 radical (unpaired) electrons. The predicted octanol–water partition coefficient (Wildman–Crippen LogP) is 7.98. The molecule has 1 N–H and O–H groups in total. The molecule has 1 aromatic carbocycles. The summed E-state index contributed by atoms with van der Waals surface area (Å²) in [4.78, 5) is 46.0. The fourth-order valence-corrected chi connectivity index (χ4v) is 9.50. The van der Waals surface area contributed by atoms with Crippen molar-refractivity contribution >= 4 is 17.3 Å². The predicted molar refractivity (Wildman–Crippen MR) is 169 cm³/mol. The van der Waals surface area contributed by atoms with Crippen LogP contribution in [-0.2, 0) is 14.3 Å². The molecule has 1 aromatic rings. The number of benzene rings is 1. The van der Waals surface area contributed by atoms with Crippen molar-refractivity contribution in [3.8, 4) is 0 Å². The van der Waals surface area contributed by atoms with Crippen LogP contribution in [0.5, 0.6) is 0 Å². The Balaban J connectivity index is 1.83. The van der Waals surface area contributed by atoms with Gasteiger partial charge in [-0.25, -0.2) is 0 Å². The Morgan fingerprint density at radius 1 is 0.907 bits per heavy atom. The number of hydrogen-bond acceptors (Lipinski definition) is 5. The van der Waals surface area contributed by atoms with Crippen LogP contribution in [0.1, 0.15) is 111 Å². The van der Waals surface area contributed by atoms with E-state index < -0.39 is 50.4 Å². The topological polar surface area (TPSA) is 80.7 Å². The third kappa shape index (κ3) is 3.99. The van der Waals surface area contributed by atoms with E-state index in [1.165, 1.54) is 5.57 Å².